The van der Waals surface area contributed by atoms with Gasteiger partial charge in [0.2, 0.25) is 11.8 Å². The highest BCUT2D eigenvalue weighted by Crippen LogP contribution is 2.16. The largest absolute Gasteiger partial charge is 0.351 e. The third kappa shape index (κ3) is 5.74. The zero-order chi connectivity index (χ0) is 18.9. The molecule has 0 saturated heterocycles. The number of rotatable bonds is 8. The molecule has 0 aliphatic heterocycles. The monoisotopic (exact) mass is 370 g/mol. The molecule has 2 rings (SSSR count). The van der Waals surface area contributed by atoms with Gasteiger partial charge in [-0.1, -0.05) is 60.1 Å². The van der Waals surface area contributed by atoms with E-state index in [4.69, 9.17) is 11.6 Å². The Balaban J connectivity index is 2.27. The molecular weight excluding hydrogens is 348 g/mol. The van der Waals surface area contributed by atoms with Crippen molar-refractivity contribution in [3.63, 3.8) is 0 Å². The zero-order valence-corrected chi connectivity index (χ0v) is 15.6. The molecule has 0 bridgehead atoms. The van der Waals surface area contributed by atoms with Gasteiger partial charge in [0, 0.05) is 31.5 Å². The number of carbonyl (C=O) groups is 2. The van der Waals surface area contributed by atoms with E-state index in [2.05, 4.69) is 11.9 Å². The lowest BCUT2D eigenvalue weighted by Gasteiger charge is -2.30. The first-order valence-electron chi connectivity index (χ1n) is 8.45. The number of carbonyl (C=O) groups excluding carboxylic acids is 2. The van der Waals surface area contributed by atoms with Crippen molar-refractivity contribution in [2.45, 2.75) is 25.9 Å². The normalized spacial score (nSPS) is 11.5. The molecule has 5 heteroatoms. The zero-order valence-electron chi connectivity index (χ0n) is 14.8. The number of hydrogen-bond acceptors (Lipinski definition) is 2. The Morgan fingerprint density at radius 1 is 1.12 bits per heavy atom. The summed E-state index contributed by atoms with van der Waals surface area (Å²) in [6.45, 7) is 5.80. The molecule has 0 aliphatic rings. The van der Waals surface area contributed by atoms with Crippen molar-refractivity contribution in [2.75, 3.05) is 6.54 Å². The van der Waals surface area contributed by atoms with Crippen molar-refractivity contribution >= 4 is 23.4 Å². The van der Waals surface area contributed by atoms with Crippen LogP contribution in [0.15, 0.2) is 67.3 Å². The highest BCUT2D eigenvalue weighted by molar-refractivity contribution is 6.30. The molecule has 0 saturated carbocycles. The summed E-state index contributed by atoms with van der Waals surface area (Å²) in [5.74, 6) is -0.354. The second-order valence-electron chi connectivity index (χ2n) is 6.01. The summed E-state index contributed by atoms with van der Waals surface area (Å²) in [6, 6.07) is 16.3. The summed E-state index contributed by atoms with van der Waals surface area (Å²) in [7, 11) is 0. The summed E-state index contributed by atoms with van der Waals surface area (Å²) in [6.07, 6.45) is 2.06. The molecule has 26 heavy (non-hydrogen) atoms. The topological polar surface area (TPSA) is 49.4 Å². The van der Waals surface area contributed by atoms with Gasteiger partial charge in [-0.05, 0) is 23.3 Å². The van der Waals surface area contributed by atoms with E-state index >= 15 is 0 Å². The Morgan fingerprint density at radius 2 is 1.77 bits per heavy atom. The predicted molar refractivity (Wildman–Crippen MR) is 105 cm³/mol. The van der Waals surface area contributed by atoms with Gasteiger partial charge in [-0.15, -0.1) is 6.58 Å². The molecule has 2 amide bonds. The van der Waals surface area contributed by atoms with Crippen LogP contribution in [0, 0.1) is 0 Å². The number of amides is 2. The average Bonchev–Trinajstić information content (AvgIpc) is 2.64. The Kier molecular flexibility index (Phi) is 7.42. The van der Waals surface area contributed by atoms with Crippen LogP contribution in [0.5, 0.6) is 0 Å². The summed E-state index contributed by atoms with van der Waals surface area (Å²) < 4.78 is 0. The summed E-state index contributed by atoms with van der Waals surface area (Å²) in [5, 5.41) is 3.44. The molecular formula is C21H23ClN2O2. The SMILES string of the molecule is C=CCNC(=O)[C@H](Cc1ccccc1)N(Cc1ccc(Cl)cc1)C(C)=O. The van der Waals surface area contributed by atoms with Crippen molar-refractivity contribution in [3.8, 4) is 0 Å². The van der Waals surface area contributed by atoms with Crippen molar-refractivity contribution < 1.29 is 9.59 Å². The fraction of sp³-hybridized carbons (Fsp3) is 0.238. The van der Waals surface area contributed by atoms with Crippen molar-refractivity contribution in [1.29, 1.82) is 0 Å². The molecule has 136 valence electrons. The first-order chi connectivity index (χ1) is 12.5. The molecule has 4 nitrogen and oxygen atoms in total. The first kappa shape index (κ1) is 19.7. The maximum atomic E-state index is 12.7. The molecule has 0 aliphatic carbocycles. The predicted octanol–water partition coefficient (Wildman–Crippen LogP) is 3.60. The Hall–Kier alpha value is -2.59. The van der Waals surface area contributed by atoms with Gasteiger partial charge in [-0.3, -0.25) is 9.59 Å². The van der Waals surface area contributed by atoms with Crippen molar-refractivity contribution in [1.82, 2.24) is 10.2 Å². The van der Waals surface area contributed by atoms with Gasteiger partial charge in [0.05, 0.1) is 0 Å². The highest BCUT2D eigenvalue weighted by atomic mass is 35.5. The molecule has 2 aromatic carbocycles. The number of nitrogens with one attached hydrogen (secondary N) is 1. The van der Waals surface area contributed by atoms with Crippen molar-refractivity contribution in [2.24, 2.45) is 0 Å². The summed E-state index contributed by atoms with van der Waals surface area (Å²) >= 11 is 5.93. The van der Waals surface area contributed by atoms with Crippen LogP contribution in [0.4, 0.5) is 0 Å². The number of halogens is 1. The molecule has 0 fully saturated rings. The van der Waals surface area contributed by atoms with Gasteiger partial charge in [0.15, 0.2) is 0 Å². The van der Waals surface area contributed by atoms with Gasteiger partial charge < -0.3 is 10.2 Å². The molecule has 0 heterocycles. The lowest BCUT2D eigenvalue weighted by Crippen LogP contribution is -2.49. The van der Waals surface area contributed by atoms with E-state index in [9.17, 15) is 9.59 Å². The molecule has 0 unspecified atom stereocenters. The molecule has 0 radical (unpaired) electrons. The van der Waals surface area contributed by atoms with Gasteiger partial charge in [-0.25, -0.2) is 0 Å². The maximum absolute atomic E-state index is 12.7. The van der Waals surface area contributed by atoms with Crippen LogP contribution >= 0.6 is 11.6 Å². The minimum absolute atomic E-state index is 0.158. The lowest BCUT2D eigenvalue weighted by molar-refractivity contribution is -0.139. The van der Waals surface area contributed by atoms with E-state index in [0.29, 0.717) is 24.5 Å². The third-order valence-electron chi connectivity index (χ3n) is 4.04. The van der Waals surface area contributed by atoms with E-state index < -0.39 is 6.04 Å². The molecule has 1 N–H and O–H groups in total. The number of nitrogens with zero attached hydrogens (tertiary/aromatic N) is 1. The van der Waals surface area contributed by atoms with Gasteiger partial charge in [0.25, 0.3) is 0 Å². The van der Waals surface area contributed by atoms with Crippen LogP contribution in [0.2, 0.25) is 5.02 Å². The minimum Gasteiger partial charge on any atom is -0.351 e. The number of benzene rings is 2. The Morgan fingerprint density at radius 3 is 2.35 bits per heavy atom. The van der Waals surface area contributed by atoms with E-state index in [-0.39, 0.29) is 11.8 Å². The summed E-state index contributed by atoms with van der Waals surface area (Å²) in [5.41, 5.74) is 1.91. The fourth-order valence-corrected chi connectivity index (χ4v) is 2.83. The van der Waals surface area contributed by atoms with Gasteiger partial charge in [-0.2, -0.15) is 0 Å². The lowest BCUT2D eigenvalue weighted by atomic mass is 10.0. The highest BCUT2D eigenvalue weighted by Gasteiger charge is 2.28. The van der Waals surface area contributed by atoms with Crippen LogP contribution in [-0.2, 0) is 22.6 Å². The summed E-state index contributed by atoms with van der Waals surface area (Å²) in [4.78, 5) is 26.6. The van der Waals surface area contributed by atoms with Crippen LogP contribution < -0.4 is 5.32 Å². The standard InChI is InChI=1S/C21H23ClN2O2/c1-3-13-23-21(26)20(14-17-7-5-4-6-8-17)24(16(2)25)15-18-9-11-19(22)12-10-18/h3-12,20H,1,13-15H2,2H3,(H,23,26)/t20-/m0/s1. The van der Waals surface area contributed by atoms with Crippen molar-refractivity contribution in [3.05, 3.63) is 83.4 Å². The smallest absolute Gasteiger partial charge is 0.243 e. The molecule has 1 atom stereocenters. The first-order valence-corrected chi connectivity index (χ1v) is 8.83. The van der Waals surface area contributed by atoms with Gasteiger partial charge in [0.1, 0.15) is 6.04 Å². The van der Waals surface area contributed by atoms with Crippen LogP contribution in [0.3, 0.4) is 0 Å². The molecule has 0 aromatic heterocycles. The Labute approximate surface area is 159 Å². The number of hydrogen-bond donors (Lipinski definition) is 1. The van der Waals surface area contributed by atoms with Crippen LogP contribution in [-0.4, -0.2) is 29.3 Å². The second kappa shape index (κ2) is 9.78. The van der Waals surface area contributed by atoms with E-state index in [1.807, 2.05) is 42.5 Å². The van der Waals surface area contributed by atoms with E-state index in [1.54, 1.807) is 23.1 Å². The fourth-order valence-electron chi connectivity index (χ4n) is 2.70. The van der Waals surface area contributed by atoms with Crippen LogP contribution in [0.1, 0.15) is 18.1 Å². The quantitative estimate of drug-likeness (QED) is 0.722. The molecule has 0 spiro atoms. The average molecular weight is 371 g/mol. The Bertz CT molecular complexity index is 744. The van der Waals surface area contributed by atoms with Crippen LogP contribution in [0.25, 0.3) is 0 Å². The minimum atomic E-state index is -0.606. The maximum Gasteiger partial charge on any atom is 0.243 e. The second-order valence-corrected chi connectivity index (χ2v) is 6.45. The van der Waals surface area contributed by atoms with Gasteiger partial charge >= 0.3 is 0 Å². The van der Waals surface area contributed by atoms with E-state index in [0.717, 1.165) is 11.1 Å². The third-order valence-corrected chi connectivity index (χ3v) is 4.29. The van der Waals surface area contributed by atoms with E-state index in [1.165, 1.54) is 6.92 Å². The molecule has 2 aromatic rings.